The van der Waals surface area contributed by atoms with Crippen molar-refractivity contribution in [2.75, 3.05) is 5.32 Å². The van der Waals surface area contributed by atoms with Gasteiger partial charge in [-0.25, -0.2) is 0 Å². The Balaban J connectivity index is 1.61. The molecule has 0 saturated carbocycles. The van der Waals surface area contributed by atoms with Crippen molar-refractivity contribution < 1.29 is 14.3 Å². The fourth-order valence-electron chi connectivity index (χ4n) is 3.31. The number of aromatic nitrogens is 2. The van der Waals surface area contributed by atoms with E-state index in [0.29, 0.717) is 29.5 Å². The van der Waals surface area contributed by atoms with Gasteiger partial charge in [0, 0.05) is 36.9 Å². The van der Waals surface area contributed by atoms with Gasteiger partial charge in [-0.15, -0.1) is 0 Å². The van der Waals surface area contributed by atoms with Crippen LogP contribution in [0.1, 0.15) is 35.3 Å². The lowest BCUT2D eigenvalue weighted by atomic mass is 9.99. The maximum Gasteiger partial charge on any atom is 0.257 e. The lowest BCUT2D eigenvalue weighted by Crippen LogP contribution is -2.24. The van der Waals surface area contributed by atoms with E-state index >= 15 is 0 Å². The van der Waals surface area contributed by atoms with E-state index < -0.39 is 0 Å². The van der Waals surface area contributed by atoms with E-state index in [9.17, 15) is 4.79 Å². The molecule has 28 heavy (non-hydrogen) atoms. The number of fused-ring (bicyclic) bond motifs is 1. The molecule has 2 heterocycles. The number of hydrogen-bond acceptors (Lipinski definition) is 4. The maximum atomic E-state index is 12.7. The number of aryl methyl sites for hydroxylation is 1. The van der Waals surface area contributed by atoms with Crippen LogP contribution in [0.4, 0.5) is 5.82 Å². The molecule has 0 radical (unpaired) electrons. The highest BCUT2D eigenvalue weighted by molar-refractivity contribution is 6.04. The zero-order valence-electron chi connectivity index (χ0n) is 16.2. The van der Waals surface area contributed by atoms with Gasteiger partial charge in [-0.3, -0.25) is 9.48 Å². The largest absolute Gasteiger partial charge is 0.488 e. The van der Waals surface area contributed by atoms with Crippen LogP contribution in [-0.2, 0) is 20.1 Å². The second-order valence-electron chi connectivity index (χ2n) is 7.59. The van der Waals surface area contributed by atoms with Gasteiger partial charge in [0.2, 0.25) is 0 Å². The fourth-order valence-corrected chi connectivity index (χ4v) is 3.31. The van der Waals surface area contributed by atoms with Crippen LogP contribution < -0.4 is 14.8 Å². The molecule has 0 spiro atoms. The summed E-state index contributed by atoms with van der Waals surface area (Å²) in [5.41, 5.74) is 2.21. The summed E-state index contributed by atoms with van der Waals surface area (Å²) in [7, 11) is 1.80. The van der Waals surface area contributed by atoms with Crippen molar-refractivity contribution in [3.8, 4) is 11.5 Å². The maximum absolute atomic E-state index is 12.7. The normalized spacial score (nSPS) is 14.2. The highest BCUT2D eigenvalue weighted by Gasteiger charge is 2.33. The third-order valence-electron chi connectivity index (χ3n) is 4.61. The topological polar surface area (TPSA) is 65.4 Å². The summed E-state index contributed by atoms with van der Waals surface area (Å²) in [4.78, 5) is 12.7. The number of hydrogen-bond donors (Lipinski definition) is 1. The Morgan fingerprint density at radius 1 is 1.25 bits per heavy atom. The van der Waals surface area contributed by atoms with Crippen LogP contribution in [0.15, 0.2) is 54.7 Å². The van der Waals surface area contributed by atoms with Crippen molar-refractivity contribution in [3.63, 3.8) is 0 Å². The Hall–Kier alpha value is -3.28. The fraction of sp³-hybridized carbons (Fsp3) is 0.273. The van der Waals surface area contributed by atoms with Crippen molar-refractivity contribution in [2.45, 2.75) is 32.5 Å². The number of carbonyl (C=O) groups excluding carboxylic acids is 1. The third-order valence-corrected chi connectivity index (χ3v) is 4.61. The second-order valence-corrected chi connectivity index (χ2v) is 7.59. The summed E-state index contributed by atoms with van der Waals surface area (Å²) in [6, 6.07) is 15.3. The Morgan fingerprint density at radius 2 is 2.04 bits per heavy atom. The lowest BCUT2D eigenvalue weighted by Gasteiger charge is -2.16. The van der Waals surface area contributed by atoms with Gasteiger partial charge in [0.15, 0.2) is 5.82 Å². The minimum atomic E-state index is -0.330. The molecule has 3 aromatic rings. The Bertz CT molecular complexity index is 1010. The monoisotopic (exact) mass is 377 g/mol. The summed E-state index contributed by atoms with van der Waals surface area (Å²) < 4.78 is 13.8. The van der Waals surface area contributed by atoms with Crippen molar-refractivity contribution in [1.82, 2.24) is 9.78 Å². The lowest BCUT2D eigenvalue weighted by molar-refractivity contribution is 0.102. The Labute approximate surface area is 164 Å². The van der Waals surface area contributed by atoms with Crippen LogP contribution in [0.2, 0.25) is 0 Å². The average molecular weight is 377 g/mol. The number of nitrogens with one attached hydrogen (secondary N) is 1. The molecule has 0 atom stereocenters. The van der Waals surface area contributed by atoms with Crippen LogP contribution in [0.5, 0.6) is 11.5 Å². The number of ether oxygens (including phenoxy) is 2. The smallest absolute Gasteiger partial charge is 0.257 e. The summed E-state index contributed by atoms with van der Waals surface area (Å²) in [6.07, 6.45) is 2.51. The quantitative estimate of drug-likeness (QED) is 0.731. The molecule has 0 unspecified atom stereocenters. The van der Waals surface area contributed by atoms with Crippen LogP contribution >= 0.6 is 0 Å². The molecule has 4 rings (SSSR count). The average Bonchev–Trinajstić information content (AvgIpc) is 3.21. The molecule has 1 N–H and O–H groups in total. The van der Waals surface area contributed by atoms with E-state index in [2.05, 4.69) is 10.4 Å². The molecule has 0 saturated heterocycles. The zero-order valence-corrected chi connectivity index (χ0v) is 16.2. The summed E-state index contributed by atoms with van der Waals surface area (Å²) in [6.45, 7) is 4.49. The second kappa shape index (κ2) is 7.03. The predicted molar refractivity (Wildman–Crippen MR) is 107 cm³/mol. The summed E-state index contributed by atoms with van der Waals surface area (Å²) >= 11 is 0. The van der Waals surface area contributed by atoms with E-state index in [1.54, 1.807) is 36.1 Å². The highest BCUT2D eigenvalue weighted by Crippen LogP contribution is 2.41. The zero-order chi connectivity index (χ0) is 19.7. The van der Waals surface area contributed by atoms with Crippen LogP contribution in [-0.4, -0.2) is 21.3 Å². The van der Waals surface area contributed by atoms with Crippen molar-refractivity contribution in [1.29, 1.82) is 0 Å². The van der Waals surface area contributed by atoms with Gasteiger partial charge in [0.1, 0.15) is 23.7 Å². The number of benzene rings is 2. The molecular formula is C22H23N3O3. The molecule has 6 heteroatoms. The molecule has 0 fully saturated rings. The molecule has 1 aliphatic rings. The van der Waals surface area contributed by atoms with Crippen LogP contribution in [0.3, 0.4) is 0 Å². The highest BCUT2D eigenvalue weighted by atomic mass is 16.5. The van der Waals surface area contributed by atoms with Crippen LogP contribution in [0, 0.1) is 0 Å². The first-order chi connectivity index (χ1) is 13.4. The molecule has 0 aliphatic carbocycles. The first kappa shape index (κ1) is 18.1. The van der Waals surface area contributed by atoms with Crippen molar-refractivity contribution >= 4 is 11.7 Å². The Kier molecular flexibility index (Phi) is 4.55. The molecule has 144 valence electrons. The van der Waals surface area contributed by atoms with Gasteiger partial charge >= 0.3 is 0 Å². The molecule has 1 aromatic heterocycles. The molecular weight excluding hydrogens is 354 g/mol. The van der Waals surface area contributed by atoms with E-state index in [-0.39, 0.29) is 11.5 Å². The number of anilines is 1. The van der Waals surface area contributed by atoms with Gasteiger partial charge < -0.3 is 14.8 Å². The molecule has 0 bridgehead atoms. The van der Waals surface area contributed by atoms with Crippen LogP contribution in [0.25, 0.3) is 0 Å². The molecule has 1 amide bonds. The predicted octanol–water partition coefficient (Wildman–Crippen LogP) is 3.96. The van der Waals surface area contributed by atoms with Gasteiger partial charge in [0.25, 0.3) is 5.91 Å². The molecule has 6 nitrogen and oxygen atoms in total. The number of carbonyl (C=O) groups is 1. The Morgan fingerprint density at radius 3 is 2.75 bits per heavy atom. The van der Waals surface area contributed by atoms with Crippen molar-refractivity contribution in [2.24, 2.45) is 7.05 Å². The summed E-state index contributed by atoms with van der Waals surface area (Å²) in [5, 5.41) is 7.00. The first-order valence-corrected chi connectivity index (χ1v) is 9.23. The third kappa shape index (κ3) is 3.86. The van der Waals surface area contributed by atoms with E-state index in [1.807, 2.05) is 44.2 Å². The summed E-state index contributed by atoms with van der Waals surface area (Å²) in [5.74, 6) is 1.63. The number of rotatable bonds is 5. The van der Waals surface area contributed by atoms with Gasteiger partial charge in [-0.2, -0.15) is 5.10 Å². The van der Waals surface area contributed by atoms with Gasteiger partial charge in [-0.1, -0.05) is 30.3 Å². The van der Waals surface area contributed by atoms with Crippen molar-refractivity contribution in [3.05, 3.63) is 71.4 Å². The molecule has 1 aliphatic heterocycles. The van der Waals surface area contributed by atoms with E-state index in [4.69, 9.17) is 9.47 Å². The number of nitrogens with zero attached hydrogens (tertiary/aromatic N) is 2. The number of amides is 1. The standard InChI is InChI=1S/C22H23N3O3/c1-22(2)13-17-18(27-14-15-7-5-4-6-8-15)11-16(12-19(17)28-22)21(26)23-20-9-10-25(3)24-20/h4-12H,13-14H2,1-3H3,(H,23,24,26). The SMILES string of the molecule is Cn1ccc(NC(=O)c2cc(OCc3ccccc3)c3c(c2)OC(C)(C)C3)n1. The minimum absolute atomic E-state index is 0.251. The van der Waals surface area contributed by atoms with E-state index in [1.165, 1.54) is 0 Å². The minimum Gasteiger partial charge on any atom is -0.488 e. The molecule has 2 aromatic carbocycles. The van der Waals surface area contributed by atoms with Gasteiger partial charge in [-0.05, 0) is 31.5 Å². The van der Waals surface area contributed by atoms with E-state index in [0.717, 1.165) is 17.5 Å². The van der Waals surface area contributed by atoms with Gasteiger partial charge in [0.05, 0.1) is 0 Å². The first-order valence-electron chi connectivity index (χ1n) is 9.23.